The van der Waals surface area contributed by atoms with E-state index in [0.29, 0.717) is 37.8 Å². The number of benzene rings is 1. The van der Waals surface area contributed by atoms with Gasteiger partial charge in [-0.15, -0.1) is 0 Å². The van der Waals surface area contributed by atoms with Gasteiger partial charge in [0, 0.05) is 19.0 Å². The van der Waals surface area contributed by atoms with Crippen molar-refractivity contribution in [3.63, 3.8) is 0 Å². The Kier molecular flexibility index (Phi) is 3.92. The van der Waals surface area contributed by atoms with Gasteiger partial charge in [0.05, 0.1) is 5.60 Å². The maximum atomic E-state index is 12.9. The van der Waals surface area contributed by atoms with Gasteiger partial charge in [-0.1, -0.05) is 43.2 Å². The number of carbonyl (C=O) groups is 1. The molecular formula is C20H27NO2. The molecular weight excluding hydrogens is 286 g/mol. The molecule has 3 atom stereocenters. The van der Waals surface area contributed by atoms with E-state index in [1.807, 2.05) is 35.2 Å². The van der Waals surface area contributed by atoms with Gasteiger partial charge in [0.25, 0.3) is 0 Å². The fraction of sp³-hybridized carbons (Fsp3) is 0.650. The quantitative estimate of drug-likeness (QED) is 0.910. The molecule has 3 heteroatoms. The summed E-state index contributed by atoms with van der Waals surface area (Å²) in [7, 11) is 0. The van der Waals surface area contributed by atoms with E-state index in [4.69, 9.17) is 0 Å². The van der Waals surface area contributed by atoms with Gasteiger partial charge < -0.3 is 10.0 Å². The van der Waals surface area contributed by atoms with Crippen molar-refractivity contribution < 1.29 is 9.90 Å². The lowest BCUT2D eigenvalue weighted by molar-refractivity contribution is -0.141. The van der Waals surface area contributed by atoms with Crippen molar-refractivity contribution in [2.24, 2.45) is 17.8 Å². The molecule has 3 nitrogen and oxygen atoms in total. The number of nitrogens with zero attached hydrogens (tertiary/aromatic N) is 1. The van der Waals surface area contributed by atoms with E-state index >= 15 is 0 Å². The number of carbonyl (C=O) groups excluding carboxylic acids is 1. The van der Waals surface area contributed by atoms with Crippen LogP contribution in [0.25, 0.3) is 0 Å². The van der Waals surface area contributed by atoms with Gasteiger partial charge in [0.15, 0.2) is 0 Å². The van der Waals surface area contributed by atoms with Gasteiger partial charge in [-0.2, -0.15) is 0 Å². The second-order valence-electron chi connectivity index (χ2n) is 7.76. The molecule has 1 N–H and O–H groups in total. The van der Waals surface area contributed by atoms with Crippen LogP contribution in [0.5, 0.6) is 0 Å². The van der Waals surface area contributed by atoms with Gasteiger partial charge in [0.1, 0.15) is 0 Å². The first-order valence-electron chi connectivity index (χ1n) is 9.24. The Morgan fingerprint density at radius 1 is 1.04 bits per heavy atom. The van der Waals surface area contributed by atoms with E-state index in [0.717, 1.165) is 17.9 Å². The topological polar surface area (TPSA) is 40.5 Å². The largest absolute Gasteiger partial charge is 0.385 e. The number of hydrogen-bond donors (Lipinski definition) is 1. The lowest BCUT2D eigenvalue weighted by Gasteiger charge is -2.40. The summed E-state index contributed by atoms with van der Waals surface area (Å²) in [5.41, 5.74) is 0.229. The van der Waals surface area contributed by atoms with Crippen LogP contribution in [-0.4, -0.2) is 29.0 Å². The zero-order chi connectivity index (χ0) is 15.9. The monoisotopic (exact) mass is 313 g/mol. The predicted octanol–water partition coefficient (Wildman–Crippen LogP) is 3.32. The van der Waals surface area contributed by atoms with Crippen LogP contribution >= 0.6 is 0 Å². The van der Waals surface area contributed by atoms with Crippen LogP contribution in [0.15, 0.2) is 30.3 Å². The molecule has 1 saturated heterocycles. The molecule has 23 heavy (non-hydrogen) atoms. The van der Waals surface area contributed by atoms with Crippen molar-refractivity contribution in [3.8, 4) is 0 Å². The third-order valence-corrected chi connectivity index (χ3v) is 6.61. The molecule has 3 fully saturated rings. The van der Waals surface area contributed by atoms with E-state index in [1.165, 1.54) is 25.7 Å². The zero-order valence-electron chi connectivity index (χ0n) is 13.8. The second-order valence-corrected chi connectivity index (χ2v) is 7.76. The number of hydrogen-bond acceptors (Lipinski definition) is 2. The van der Waals surface area contributed by atoms with Crippen molar-refractivity contribution in [2.75, 3.05) is 13.1 Å². The molecule has 0 spiro atoms. The molecule has 1 aromatic rings. The lowest BCUT2D eigenvalue weighted by atomic mass is 9.83. The first-order chi connectivity index (χ1) is 11.2. The summed E-state index contributed by atoms with van der Waals surface area (Å²) in [5, 5.41) is 10.9. The Morgan fingerprint density at radius 2 is 1.78 bits per heavy atom. The smallest absolute Gasteiger partial charge is 0.225 e. The number of likely N-dealkylation sites (tertiary alicyclic amines) is 1. The number of piperidine rings is 1. The average molecular weight is 313 g/mol. The molecule has 2 saturated carbocycles. The zero-order valence-corrected chi connectivity index (χ0v) is 13.8. The summed E-state index contributed by atoms with van der Waals surface area (Å²) in [5.74, 6) is 2.10. The van der Waals surface area contributed by atoms with Crippen molar-refractivity contribution in [2.45, 2.75) is 50.5 Å². The minimum absolute atomic E-state index is 0.269. The highest BCUT2D eigenvalue weighted by atomic mass is 16.3. The predicted molar refractivity (Wildman–Crippen MR) is 89.7 cm³/mol. The van der Waals surface area contributed by atoms with Gasteiger partial charge in [0.2, 0.25) is 5.91 Å². The van der Waals surface area contributed by atoms with Gasteiger partial charge in [-0.25, -0.2) is 0 Å². The molecule has 0 unspecified atom stereocenters. The van der Waals surface area contributed by atoms with Gasteiger partial charge in [-0.3, -0.25) is 4.79 Å². The maximum Gasteiger partial charge on any atom is 0.225 e. The van der Waals surface area contributed by atoms with Crippen LogP contribution in [0.3, 0.4) is 0 Å². The Labute approximate surface area is 138 Å². The molecule has 0 radical (unpaired) electrons. The molecule has 1 aromatic carbocycles. The van der Waals surface area contributed by atoms with E-state index in [1.54, 1.807) is 0 Å². The summed E-state index contributed by atoms with van der Waals surface area (Å²) in [4.78, 5) is 15.0. The van der Waals surface area contributed by atoms with Crippen molar-refractivity contribution in [1.82, 2.24) is 4.90 Å². The number of aliphatic hydroxyl groups is 1. The fourth-order valence-electron chi connectivity index (χ4n) is 5.24. The van der Waals surface area contributed by atoms with Crippen molar-refractivity contribution >= 4 is 5.91 Å². The molecule has 1 amide bonds. The molecule has 0 aromatic heterocycles. The fourth-order valence-corrected chi connectivity index (χ4v) is 5.24. The molecule has 124 valence electrons. The number of fused-ring (bicyclic) bond motifs is 1. The Morgan fingerprint density at radius 3 is 2.52 bits per heavy atom. The van der Waals surface area contributed by atoms with Crippen LogP contribution in [0.2, 0.25) is 0 Å². The highest BCUT2D eigenvalue weighted by Gasteiger charge is 2.45. The van der Waals surface area contributed by atoms with Crippen LogP contribution in [0, 0.1) is 17.8 Å². The van der Waals surface area contributed by atoms with E-state index in [9.17, 15) is 9.90 Å². The van der Waals surface area contributed by atoms with Crippen molar-refractivity contribution in [1.29, 1.82) is 0 Å². The van der Waals surface area contributed by atoms with E-state index in [-0.39, 0.29) is 5.92 Å². The minimum Gasteiger partial charge on any atom is -0.385 e. The number of amides is 1. The molecule has 1 heterocycles. The number of rotatable bonds is 2. The average Bonchev–Trinajstić information content (AvgIpc) is 3.19. The van der Waals surface area contributed by atoms with Crippen molar-refractivity contribution in [3.05, 3.63) is 35.9 Å². The highest BCUT2D eigenvalue weighted by molar-refractivity contribution is 5.79. The maximum absolute atomic E-state index is 12.9. The standard InChI is InChI=1S/C20H27NO2/c22-19(18-10-9-15-5-4-8-17(15)18)21-13-11-20(23,12-14-21)16-6-2-1-3-7-16/h1-3,6-7,15,17-18,23H,4-5,8-14H2/t15-,17-,18-/m0/s1. The summed E-state index contributed by atoms with van der Waals surface area (Å²) in [6.07, 6.45) is 7.56. The molecule has 4 rings (SSSR count). The third kappa shape index (κ3) is 2.69. The highest BCUT2D eigenvalue weighted by Crippen LogP contribution is 2.48. The summed E-state index contributed by atoms with van der Waals surface area (Å²) < 4.78 is 0. The van der Waals surface area contributed by atoms with Crippen LogP contribution in [0.1, 0.15) is 50.5 Å². The minimum atomic E-state index is -0.760. The van der Waals surface area contributed by atoms with Gasteiger partial charge >= 0.3 is 0 Å². The first kappa shape index (κ1) is 15.2. The second kappa shape index (κ2) is 5.94. The lowest BCUT2D eigenvalue weighted by Crippen LogP contribution is -2.47. The van der Waals surface area contributed by atoms with E-state index in [2.05, 4.69) is 0 Å². The third-order valence-electron chi connectivity index (χ3n) is 6.61. The Balaban J connectivity index is 1.41. The van der Waals surface area contributed by atoms with Crippen LogP contribution in [-0.2, 0) is 10.4 Å². The molecule has 3 aliphatic rings. The molecule has 0 bridgehead atoms. The molecule has 2 aliphatic carbocycles. The summed E-state index contributed by atoms with van der Waals surface area (Å²) in [6.45, 7) is 1.39. The van der Waals surface area contributed by atoms with E-state index < -0.39 is 5.60 Å². The summed E-state index contributed by atoms with van der Waals surface area (Å²) in [6, 6.07) is 9.92. The van der Waals surface area contributed by atoms with Crippen LogP contribution in [0.4, 0.5) is 0 Å². The first-order valence-corrected chi connectivity index (χ1v) is 9.24. The van der Waals surface area contributed by atoms with Crippen LogP contribution < -0.4 is 0 Å². The SMILES string of the molecule is O=C([C@H]1CC[C@@H]2CCC[C@@H]21)N1CCC(O)(c2ccccc2)CC1. The Bertz CT molecular complexity index is 562. The molecule has 1 aliphatic heterocycles. The Hall–Kier alpha value is -1.35. The normalized spacial score (nSPS) is 32.7. The van der Waals surface area contributed by atoms with Gasteiger partial charge in [-0.05, 0) is 49.5 Å². The summed E-state index contributed by atoms with van der Waals surface area (Å²) >= 11 is 0.